The fourth-order valence-electron chi connectivity index (χ4n) is 0.313. The Kier molecular flexibility index (Phi) is 6.28. The monoisotopic (exact) mass is 187 g/mol. The van der Waals surface area contributed by atoms with Crippen molar-refractivity contribution in [3.05, 3.63) is 0 Å². The third-order valence-electron chi connectivity index (χ3n) is 0.657. The zero-order valence-corrected chi connectivity index (χ0v) is 8.04. The first kappa shape index (κ1) is 9.93. The molecular weight excluding hydrogens is 176 g/mol. The molecular formula is C3H11NO2P2S. The van der Waals surface area contributed by atoms with Crippen LogP contribution in [-0.2, 0) is 11.1 Å². The normalized spacial score (nSPS) is 14.2. The predicted molar refractivity (Wildman–Crippen MR) is 46.8 cm³/mol. The summed E-state index contributed by atoms with van der Waals surface area (Å²) in [6.07, 6.45) is 0. The molecule has 0 radical (unpaired) electrons. The van der Waals surface area contributed by atoms with E-state index in [0.29, 0.717) is 12.3 Å². The van der Waals surface area contributed by atoms with Gasteiger partial charge in [0.05, 0.1) is 5.75 Å². The summed E-state index contributed by atoms with van der Waals surface area (Å²) >= 11 is -1.66. The van der Waals surface area contributed by atoms with E-state index in [-0.39, 0.29) is 5.52 Å². The molecule has 6 heteroatoms. The smallest absolute Gasteiger partial charge is 0.154 e. The summed E-state index contributed by atoms with van der Waals surface area (Å²) in [5.41, 5.74) is 0.230. The third kappa shape index (κ3) is 8.93. The van der Waals surface area contributed by atoms with Crippen molar-refractivity contribution in [1.29, 1.82) is 0 Å². The van der Waals surface area contributed by atoms with Crippen LogP contribution in [-0.4, -0.2) is 26.6 Å². The van der Waals surface area contributed by atoms with Crippen LogP contribution in [0, 0.1) is 0 Å². The summed E-state index contributed by atoms with van der Waals surface area (Å²) in [6, 6.07) is 0. The van der Waals surface area contributed by atoms with E-state index in [1.807, 2.05) is 0 Å². The van der Waals surface area contributed by atoms with Crippen molar-refractivity contribution in [2.45, 2.75) is 5.52 Å². The topological polar surface area (TPSA) is 49.3 Å². The van der Waals surface area contributed by atoms with Gasteiger partial charge >= 0.3 is 0 Å². The van der Waals surface area contributed by atoms with Gasteiger partial charge in [0.15, 0.2) is 11.1 Å². The van der Waals surface area contributed by atoms with E-state index < -0.39 is 11.1 Å². The first-order valence-electron chi connectivity index (χ1n) is 2.45. The van der Waals surface area contributed by atoms with Gasteiger partial charge in [-0.05, 0) is 0 Å². The van der Waals surface area contributed by atoms with E-state index in [9.17, 15) is 4.21 Å². The van der Waals surface area contributed by atoms with Gasteiger partial charge in [0.2, 0.25) is 0 Å². The van der Waals surface area contributed by atoms with E-state index in [0.717, 1.165) is 0 Å². The average molecular weight is 187 g/mol. The van der Waals surface area contributed by atoms with Crippen molar-refractivity contribution >= 4 is 29.6 Å². The van der Waals surface area contributed by atoms with Crippen LogP contribution in [0.15, 0.2) is 0 Å². The zero-order chi connectivity index (χ0) is 7.28. The highest BCUT2D eigenvalue weighted by Gasteiger charge is 1.93. The standard InChI is InChI=1S/C3H11NO2P2S/c5-9(6)2-1-4-3(7)8/h3-4H,1-2,7-8H2,(H,5,6). The van der Waals surface area contributed by atoms with Crippen LogP contribution < -0.4 is 5.32 Å². The molecule has 9 heavy (non-hydrogen) atoms. The Morgan fingerprint density at radius 1 is 1.67 bits per heavy atom. The van der Waals surface area contributed by atoms with Crippen LogP contribution in [0.1, 0.15) is 0 Å². The van der Waals surface area contributed by atoms with E-state index in [1.165, 1.54) is 0 Å². The molecule has 3 nitrogen and oxygen atoms in total. The average Bonchev–Trinajstić information content (AvgIpc) is 1.63. The quantitative estimate of drug-likeness (QED) is 0.474. The molecule has 0 aliphatic rings. The van der Waals surface area contributed by atoms with Crippen molar-refractivity contribution in [1.82, 2.24) is 5.32 Å². The second-order valence-corrected chi connectivity index (χ2v) is 4.76. The molecule has 2 N–H and O–H groups in total. The molecule has 0 heterocycles. The molecule has 0 fully saturated rings. The van der Waals surface area contributed by atoms with Gasteiger partial charge in [-0.15, -0.1) is 18.5 Å². The second-order valence-electron chi connectivity index (χ2n) is 1.51. The van der Waals surface area contributed by atoms with Crippen LogP contribution in [0.2, 0.25) is 0 Å². The maximum Gasteiger partial charge on any atom is 0.154 e. The molecule has 0 saturated heterocycles. The fourth-order valence-corrected chi connectivity index (χ4v) is 0.939. The lowest BCUT2D eigenvalue weighted by atomic mass is 10.8. The van der Waals surface area contributed by atoms with E-state index >= 15 is 0 Å². The molecule has 56 valence electrons. The summed E-state index contributed by atoms with van der Waals surface area (Å²) < 4.78 is 18.3. The predicted octanol–water partition coefficient (Wildman–Crippen LogP) is -0.169. The minimum atomic E-state index is -1.66. The summed E-state index contributed by atoms with van der Waals surface area (Å²) in [5.74, 6) is 0.291. The Labute approximate surface area is 62.1 Å². The summed E-state index contributed by atoms with van der Waals surface area (Å²) in [5, 5.41) is 2.95. The number of hydrogen-bond donors (Lipinski definition) is 2. The van der Waals surface area contributed by atoms with Gasteiger partial charge in [0.1, 0.15) is 0 Å². The molecule has 0 aliphatic heterocycles. The Morgan fingerprint density at radius 3 is 2.56 bits per heavy atom. The van der Waals surface area contributed by atoms with E-state index in [4.69, 9.17) is 4.55 Å². The van der Waals surface area contributed by atoms with Crippen molar-refractivity contribution < 1.29 is 8.76 Å². The van der Waals surface area contributed by atoms with E-state index in [1.54, 1.807) is 0 Å². The lowest BCUT2D eigenvalue weighted by Gasteiger charge is -2.04. The van der Waals surface area contributed by atoms with Crippen LogP contribution >= 0.6 is 18.5 Å². The summed E-state index contributed by atoms with van der Waals surface area (Å²) in [7, 11) is 5.02. The highest BCUT2D eigenvalue weighted by molar-refractivity contribution is 7.79. The molecule has 0 bridgehead atoms. The molecule has 0 saturated carbocycles. The van der Waals surface area contributed by atoms with Gasteiger partial charge in [0, 0.05) is 12.1 Å². The van der Waals surface area contributed by atoms with Gasteiger partial charge in [-0.3, -0.25) is 0 Å². The molecule has 0 aromatic rings. The van der Waals surface area contributed by atoms with Crippen LogP contribution in [0.25, 0.3) is 0 Å². The van der Waals surface area contributed by atoms with Crippen LogP contribution in [0.3, 0.4) is 0 Å². The Bertz CT molecular complexity index is 99.8. The number of nitrogens with one attached hydrogen (secondary N) is 1. The Hall–Kier alpha value is 0.930. The molecule has 0 aromatic carbocycles. The van der Waals surface area contributed by atoms with E-state index in [2.05, 4.69) is 23.8 Å². The summed E-state index contributed by atoms with van der Waals surface area (Å²) in [4.78, 5) is 0. The molecule has 0 aromatic heterocycles. The Balaban J connectivity index is 3.01. The minimum Gasteiger partial charge on any atom is -0.306 e. The highest BCUT2D eigenvalue weighted by Crippen LogP contribution is 2.02. The molecule has 0 rings (SSSR count). The number of rotatable bonds is 4. The minimum absolute atomic E-state index is 0.230. The second kappa shape index (κ2) is 5.70. The SMILES string of the molecule is O=S(O)CCNC(P)P. The van der Waals surface area contributed by atoms with Crippen LogP contribution in [0.5, 0.6) is 0 Å². The van der Waals surface area contributed by atoms with Crippen molar-refractivity contribution in [3.63, 3.8) is 0 Å². The maximum atomic E-state index is 10.0. The molecule has 3 atom stereocenters. The lowest BCUT2D eigenvalue weighted by molar-refractivity contribution is 0.561. The fraction of sp³-hybridized carbons (Fsp3) is 1.00. The molecule has 0 spiro atoms. The van der Waals surface area contributed by atoms with Crippen molar-refractivity contribution in [2.75, 3.05) is 12.3 Å². The van der Waals surface area contributed by atoms with Gasteiger partial charge < -0.3 is 9.87 Å². The van der Waals surface area contributed by atoms with Gasteiger partial charge in [-0.25, -0.2) is 4.21 Å². The first-order chi connectivity index (χ1) is 4.13. The zero-order valence-electron chi connectivity index (χ0n) is 4.91. The van der Waals surface area contributed by atoms with Gasteiger partial charge in [0.25, 0.3) is 0 Å². The summed E-state index contributed by atoms with van der Waals surface area (Å²) in [6.45, 7) is 0.570. The molecule has 3 unspecified atom stereocenters. The molecule has 0 amide bonds. The first-order valence-corrected chi connectivity index (χ1v) is 5.06. The van der Waals surface area contributed by atoms with Crippen LogP contribution in [0.4, 0.5) is 0 Å². The Morgan fingerprint density at radius 2 is 2.22 bits per heavy atom. The van der Waals surface area contributed by atoms with Crippen molar-refractivity contribution in [3.8, 4) is 0 Å². The third-order valence-corrected chi connectivity index (χ3v) is 1.68. The maximum absolute atomic E-state index is 10.0. The highest BCUT2D eigenvalue weighted by atomic mass is 32.2. The van der Waals surface area contributed by atoms with Crippen molar-refractivity contribution in [2.24, 2.45) is 0 Å². The van der Waals surface area contributed by atoms with Gasteiger partial charge in [-0.1, -0.05) is 0 Å². The largest absolute Gasteiger partial charge is 0.306 e. The number of hydrogen-bond acceptors (Lipinski definition) is 2. The lowest BCUT2D eigenvalue weighted by Crippen LogP contribution is -2.22. The van der Waals surface area contributed by atoms with Gasteiger partial charge in [-0.2, -0.15) is 0 Å². The molecule has 0 aliphatic carbocycles.